The molecule has 0 aliphatic heterocycles. The van der Waals surface area contributed by atoms with E-state index >= 15 is 0 Å². The van der Waals surface area contributed by atoms with E-state index in [0.717, 1.165) is 0 Å². The fourth-order valence-corrected chi connectivity index (χ4v) is 0. The largest absolute Gasteiger partial charge is 0.388 e. The standard InChI is InChI=1S/C2H6O.B/c1-3-2;/h1-2H3;. The molecule has 0 heterocycles. The maximum atomic E-state index is 4.25. The van der Waals surface area contributed by atoms with Crippen molar-refractivity contribution in [2.45, 2.75) is 0 Å². The fraction of sp³-hybridized carbons (Fsp3) is 1.00. The molecule has 0 aromatic carbocycles. The summed E-state index contributed by atoms with van der Waals surface area (Å²) in [5.74, 6) is 0. The third kappa shape index (κ3) is 3420. The zero-order valence-corrected chi connectivity index (χ0v) is 2.99. The molecule has 0 atom stereocenters. The summed E-state index contributed by atoms with van der Waals surface area (Å²) in [6, 6.07) is 0. The molecule has 0 bridgehead atoms. The van der Waals surface area contributed by atoms with Crippen molar-refractivity contribution in [1.82, 2.24) is 0 Å². The van der Waals surface area contributed by atoms with Crippen LogP contribution >= 0.6 is 0 Å². The normalized spacial score (nSPS) is 4.50. The van der Waals surface area contributed by atoms with Gasteiger partial charge in [0.1, 0.15) is 0 Å². The predicted octanol–water partition coefficient (Wildman–Crippen LogP) is -0.118. The molecule has 0 amide bonds. The van der Waals surface area contributed by atoms with E-state index in [1.165, 1.54) is 0 Å². The van der Waals surface area contributed by atoms with Gasteiger partial charge >= 0.3 is 0 Å². The predicted molar refractivity (Wildman–Crippen MR) is 18.7 cm³/mol. The van der Waals surface area contributed by atoms with Crippen LogP contribution in [-0.4, -0.2) is 22.6 Å². The van der Waals surface area contributed by atoms with Crippen molar-refractivity contribution in [3.63, 3.8) is 0 Å². The van der Waals surface area contributed by atoms with Crippen LogP contribution in [-0.2, 0) is 4.74 Å². The molecule has 0 rings (SSSR count). The van der Waals surface area contributed by atoms with Gasteiger partial charge in [-0.2, -0.15) is 0 Å². The molecule has 3 radical (unpaired) electrons. The van der Waals surface area contributed by atoms with Crippen LogP contribution in [0.3, 0.4) is 0 Å². The Labute approximate surface area is 28.5 Å². The van der Waals surface area contributed by atoms with Crippen LogP contribution in [0.4, 0.5) is 0 Å². The smallest absolute Gasteiger partial charge is 0.0351 e. The van der Waals surface area contributed by atoms with E-state index in [1.807, 2.05) is 0 Å². The van der Waals surface area contributed by atoms with Gasteiger partial charge in [0.2, 0.25) is 0 Å². The van der Waals surface area contributed by atoms with E-state index < -0.39 is 0 Å². The summed E-state index contributed by atoms with van der Waals surface area (Å²) >= 11 is 0. The first kappa shape index (κ1) is 8.98. The van der Waals surface area contributed by atoms with Crippen LogP contribution in [0.5, 0.6) is 0 Å². The highest BCUT2D eigenvalue weighted by Crippen LogP contribution is 1.28. The van der Waals surface area contributed by atoms with Crippen molar-refractivity contribution < 1.29 is 4.74 Å². The summed E-state index contributed by atoms with van der Waals surface area (Å²) < 4.78 is 4.25. The first-order chi connectivity index (χ1) is 1.41. The SMILES string of the molecule is COC.[B]. The van der Waals surface area contributed by atoms with Crippen molar-refractivity contribution in [3.8, 4) is 0 Å². The zero-order chi connectivity index (χ0) is 2.71. The first-order valence-electron chi connectivity index (χ1n) is 0.816. The van der Waals surface area contributed by atoms with Crippen molar-refractivity contribution in [3.05, 3.63) is 0 Å². The first-order valence-corrected chi connectivity index (χ1v) is 0.816. The van der Waals surface area contributed by atoms with Gasteiger partial charge in [-0.3, -0.25) is 0 Å². The van der Waals surface area contributed by atoms with Crippen LogP contribution < -0.4 is 0 Å². The van der Waals surface area contributed by atoms with Crippen LogP contribution in [0.15, 0.2) is 0 Å². The Morgan fingerprint density at radius 1 is 1.25 bits per heavy atom. The maximum Gasteiger partial charge on any atom is 0.0351 e. The molecule has 0 aromatic rings. The number of hydrogen-bond donors (Lipinski definition) is 0. The Morgan fingerprint density at radius 3 is 1.25 bits per heavy atom. The molecule has 0 aromatic heterocycles. The molecule has 0 fully saturated rings. The molecule has 0 aliphatic carbocycles. The molecule has 0 saturated carbocycles. The van der Waals surface area contributed by atoms with E-state index in [4.69, 9.17) is 0 Å². The lowest BCUT2D eigenvalue weighted by Gasteiger charge is -1.61. The summed E-state index contributed by atoms with van der Waals surface area (Å²) in [5.41, 5.74) is 0. The zero-order valence-electron chi connectivity index (χ0n) is 2.99. The van der Waals surface area contributed by atoms with Gasteiger partial charge in [-0.25, -0.2) is 0 Å². The average molecular weight is 56.9 g/mol. The van der Waals surface area contributed by atoms with Crippen molar-refractivity contribution in [2.75, 3.05) is 14.2 Å². The number of hydrogen-bond acceptors (Lipinski definition) is 1. The summed E-state index contributed by atoms with van der Waals surface area (Å²) in [6.45, 7) is 0. The molecular formula is C2H6BO. The van der Waals surface area contributed by atoms with Gasteiger partial charge in [-0.05, 0) is 0 Å². The highest BCUT2D eigenvalue weighted by molar-refractivity contribution is 5.75. The van der Waals surface area contributed by atoms with Gasteiger partial charge < -0.3 is 4.74 Å². The third-order valence-electron chi connectivity index (χ3n) is 0. The van der Waals surface area contributed by atoms with Crippen LogP contribution in [0.25, 0.3) is 0 Å². The average Bonchev–Trinajstić information content (AvgIpc) is 0.918. The Morgan fingerprint density at radius 2 is 1.25 bits per heavy atom. The second-order valence-electron chi connectivity index (χ2n) is 0.408. The van der Waals surface area contributed by atoms with Crippen LogP contribution in [0.2, 0.25) is 0 Å². The molecule has 4 heavy (non-hydrogen) atoms. The molecule has 1 nitrogen and oxygen atoms in total. The highest BCUT2D eigenvalue weighted by atomic mass is 16.4. The van der Waals surface area contributed by atoms with E-state index in [9.17, 15) is 0 Å². The van der Waals surface area contributed by atoms with Crippen molar-refractivity contribution in [2.24, 2.45) is 0 Å². The van der Waals surface area contributed by atoms with Crippen LogP contribution in [0, 0.1) is 0 Å². The minimum atomic E-state index is 0. The molecule has 0 N–H and O–H groups in total. The van der Waals surface area contributed by atoms with E-state index in [2.05, 4.69) is 4.74 Å². The number of methoxy groups -OCH3 is 1. The monoisotopic (exact) mass is 57.1 g/mol. The van der Waals surface area contributed by atoms with Gasteiger partial charge in [-0.1, -0.05) is 0 Å². The number of ether oxygens (including phenoxy) is 1. The topological polar surface area (TPSA) is 9.23 Å². The second-order valence-corrected chi connectivity index (χ2v) is 0.408. The lowest BCUT2D eigenvalue weighted by molar-refractivity contribution is 0.277. The highest BCUT2D eigenvalue weighted by Gasteiger charge is 1.25. The molecule has 0 aliphatic rings. The molecule has 0 unspecified atom stereocenters. The molecular weight excluding hydrogens is 50.8 g/mol. The van der Waals surface area contributed by atoms with Crippen molar-refractivity contribution in [1.29, 1.82) is 0 Å². The second kappa shape index (κ2) is 11.8. The summed E-state index contributed by atoms with van der Waals surface area (Å²) in [4.78, 5) is 0. The lowest BCUT2D eigenvalue weighted by Crippen LogP contribution is -1.55. The van der Waals surface area contributed by atoms with Gasteiger partial charge in [0, 0.05) is 22.6 Å². The van der Waals surface area contributed by atoms with E-state index in [1.54, 1.807) is 14.2 Å². The van der Waals surface area contributed by atoms with Gasteiger partial charge in [0.25, 0.3) is 0 Å². The van der Waals surface area contributed by atoms with E-state index in [0.29, 0.717) is 0 Å². The number of rotatable bonds is 0. The van der Waals surface area contributed by atoms with Crippen LogP contribution in [0.1, 0.15) is 0 Å². The minimum Gasteiger partial charge on any atom is -0.388 e. The Balaban J connectivity index is 0. The fourth-order valence-electron chi connectivity index (χ4n) is 0. The third-order valence-corrected chi connectivity index (χ3v) is 0. The quantitative estimate of drug-likeness (QED) is 0.352. The summed E-state index contributed by atoms with van der Waals surface area (Å²) in [6.07, 6.45) is 0. The summed E-state index contributed by atoms with van der Waals surface area (Å²) in [7, 11) is 3.25. The minimum absolute atomic E-state index is 0. The molecule has 0 saturated heterocycles. The molecule has 0 spiro atoms. The molecule has 2 heteroatoms. The van der Waals surface area contributed by atoms with Gasteiger partial charge in [-0.15, -0.1) is 0 Å². The van der Waals surface area contributed by atoms with E-state index in [-0.39, 0.29) is 8.41 Å². The Kier molecular flexibility index (Phi) is 26.5. The van der Waals surface area contributed by atoms with Crippen molar-refractivity contribution >= 4 is 8.41 Å². The Bertz CT molecular complexity index is 6.00. The lowest BCUT2D eigenvalue weighted by atomic mass is 10.8. The Hall–Kier alpha value is 0.0249. The maximum absolute atomic E-state index is 4.25. The summed E-state index contributed by atoms with van der Waals surface area (Å²) in [5, 5.41) is 0. The van der Waals surface area contributed by atoms with Gasteiger partial charge in [0.15, 0.2) is 0 Å². The van der Waals surface area contributed by atoms with Gasteiger partial charge in [0.05, 0.1) is 0 Å². The molecule has 23 valence electrons.